The standard InChI is InChI=1S/C25H41O8PSi/c1-10-32-34(27,33-11-2)25(29-6)17(3)12-13-19-22(28-5)18(4)20-16-31-24(26)21(20)23(19)30-14-15-35(7,8)9/h12,25H,10-11,13-16H2,1-9H3/b17-12+. The van der Waals surface area contributed by atoms with Crippen molar-refractivity contribution in [2.75, 3.05) is 34.0 Å². The number of carbonyl (C=O) groups is 1. The van der Waals surface area contributed by atoms with E-state index >= 15 is 0 Å². The molecule has 1 aliphatic rings. The highest BCUT2D eigenvalue weighted by molar-refractivity contribution is 7.54. The first-order valence-corrected chi connectivity index (χ1v) is 17.4. The zero-order chi connectivity index (χ0) is 26.4. The summed E-state index contributed by atoms with van der Waals surface area (Å²) in [6.07, 6.45) is 2.27. The van der Waals surface area contributed by atoms with Crippen LogP contribution in [0.15, 0.2) is 11.6 Å². The van der Waals surface area contributed by atoms with Crippen LogP contribution in [-0.4, -0.2) is 53.9 Å². The minimum atomic E-state index is -3.53. The summed E-state index contributed by atoms with van der Waals surface area (Å²) in [7, 11) is -1.80. The number of rotatable bonds is 14. The largest absolute Gasteiger partial charge is 0.496 e. The fraction of sp³-hybridized carbons (Fsp3) is 0.640. The molecule has 0 amide bonds. The van der Waals surface area contributed by atoms with Crippen molar-refractivity contribution in [3.63, 3.8) is 0 Å². The molecule has 35 heavy (non-hydrogen) atoms. The molecular weight excluding hydrogens is 487 g/mol. The van der Waals surface area contributed by atoms with E-state index in [1.807, 2.05) is 19.9 Å². The lowest BCUT2D eigenvalue weighted by Crippen LogP contribution is -2.23. The van der Waals surface area contributed by atoms with Gasteiger partial charge in [-0.05, 0) is 51.3 Å². The molecule has 8 nitrogen and oxygen atoms in total. The molecule has 0 saturated carbocycles. The molecule has 0 fully saturated rings. The van der Waals surface area contributed by atoms with Gasteiger partial charge in [0.05, 0.1) is 26.9 Å². The summed E-state index contributed by atoms with van der Waals surface area (Å²) in [5, 5.41) is 0. The van der Waals surface area contributed by atoms with Gasteiger partial charge < -0.3 is 28.0 Å². The van der Waals surface area contributed by atoms with E-state index in [-0.39, 0.29) is 25.8 Å². The Morgan fingerprint density at radius 2 is 1.77 bits per heavy atom. The van der Waals surface area contributed by atoms with Gasteiger partial charge in [0.25, 0.3) is 0 Å². The number of methoxy groups -OCH3 is 2. The Kier molecular flexibility index (Phi) is 10.6. The maximum absolute atomic E-state index is 13.4. The molecule has 0 aromatic heterocycles. The average molecular weight is 529 g/mol. The topological polar surface area (TPSA) is 89.5 Å². The Labute approximate surface area is 210 Å². The highest BCUT2D eigenvalue weighted by Crippen LogP contribution is 2.55. The number of cyclic esters (lactones) is 1. The first-order chi connectivity index (χ1) is 16.4. The minimum absolute atomic E-state index is 0.202. The number of carbonyl (C=O) groups excluding carboxylic acids is 1. The predicted octanol–water partition coefficient (Wildman–Crippen LogP) is 6.12. The maximum Gasteiger partial charge on any atom is 0.363 e. The second-order valence-corrected chi connectivity index (χ2v) is 17.4. The number of hydrogen-bond donors (Lipinski definition) is 0. The molecule has 1 atom stereocenters. The SMILES string of the molecule is CCOP(=O)(OCC)C(OC)/C(C)=C/Cc1c(OC)c(C)c2c(c1OCC[Si](C)(C)C)C(=O)OC2. The molecule has 2 rings (SSSR count). The van der Waals surface area contributed by atoms with Crippen molar-refractivity contribution in [3.8, 4) is 11.5 Å². The number of esters is 1. The lowest BCUT2D eigenvalue weighted by molar-refractivity contribution is 0.0532. The first kappa shape index (κ1) is 29.6. The summed E-state index contributed by atoms with van der Waals surface area (Å²) in [5.74, 6) is -0.0901. The van der Waals surface area contributed by atoms with Gasteiger partial charge in [-0.3, -0.25) is 4.57 Å². The second-order valence-electron chi connectivity index (χ2n) is 9.67. The van der Waals surface area contributed by atoms with Crippen LogP contribution >= 0.6 is 7.60 Å². The zero-order valence-electron chi connectivity index (χ0n) is 22.6. The molecule has 0 aliphatic carbocycles. The molecule has 0 bridgehead atoms. The molecule has 1 aromatic rings. The van der Waals surface area contributed by atoms with Crippen molar-refractivity contribution in [1.82, 2.24) is 0 Å². The van der Waals surface area contributed by atoms with Gasteiger partial charge in [0.15, 0.2) is 5.85 Å². The van der Waals surface area contributed by atoms with E-state index in [9.17, 15) is 9.36 Å². The van der Waals surface area contributed by atoms with Crippen molar-refractivity contribution in [3.05, 3.63) is 33.9 Å². The van der Waals surface area contributed by atoms with E-state index in [0.29, 0.717) is 35.7 Å². The smallest absolute Gasteiger partial charge is 0.363 e. The van der Waals surface area contributed by atoms with Crippen molar-refractivity contribution < 1.29 is 37.4 Å². The molecule has 1 unspecified atom stereocenters. The Balaban J connectivity index is 2.54. The van der Waals surface area contributed by atoms with E-state index < -0.39 is 21.5 Å². The van der Waals surface area contributed by atoms with Crippen molar-refractivity contribution in [2.24, 2.45) is 0 Å². The molecule has 1 aliphatic heterocycles. The number of benzene rings is 1. The van der Waals surface area contributed by atoms with Crippen LogP contribution in [0.2, 0.25) is 25.7 Å². The van der Waals surface area contributed by atoms with Crippen LogP contribution in [0.1, 0.15) is 47.8 Å². The average Bonchev–Trinajstić information content (AvgIpc) is 3.15. The van der Waals surface area contributed by atoms with Crippen molar-refractivity contribution in [1.29, 1.82) is 0 Å². The Hall–Kier alpha value is -1.64. The normalized spacial score (nSPS) is 15.1. The van der Waals surface area contributed by atoms with Crippen molar-refractivity contribution in [2.45, 2.75) is 72.3 Å². The van der Waals surface area contributed by atoms with Gasteiger partial charge in [0, 0.05) is 26.3 Å². The van der Waals surface area contributed by atoms with Crippen LogP contribution in [0, 0.1) is 6.92 Å². The summed E-state index contributed by atoms with van der Waals surface area (Å²) < 4.78 is 47.3. The highest BCUT2D eigenvalue weighted by atomic mass is 31.2. The summed E-state index contributed by atoms with van der Waals surface area (Å²) in [4.78, 5) is 12.7. The van der Waals surface area contributed by atoms with Crippen LogP contribution in [0.3, 0.4) is 0 Å². The second kappa shape index (κ2) is 12.5. The molecule has 1 heterocycles. The van der Waals surface area contributed by atoms with Crippen LogP contribution < -0.4 is 9.47 Å². The van der Waals surface area contributed by atoms with E-state index in [1.54, 1.807) is 21.0 Å². The number of allylic oxidation sites excluding steroid dienone is 1. The lowest BCUT2D eigenvalue weighted by Gasteiger charge is -2.26. The predicted molar refractivity (Wildman–Crippen MR) is 140 cm³/mol. The van der Waals surface area contributed by atoms with Crippen LogP contribution in [0.25, 0.3) is 0 Å². The van der Waals surface area contributed by atoms with Crippen molar-refractivity contribution >= 4 is 21.6 Å². The van der Waals surface area contributed by atoms with Crippen LogP contribution in [-0.2, 0) is 36.1 Å². The quantitative estimate of drug-likeness (QED) is 0.124. The van der Waals surface area contributed by atoms with Gasteiger partial charge in [0.2, 0.25) is 0 Å². The fourth-order valence-electron chi connectivity index (χ4n) is 4.09. The third-order valence-corrected chi connectivity index (χ3v) is 10.0. The third kappa shape index (κ3) is 6.98. The van der Waals surface area contributed by atoms with E-state index in [0.717, 1.165) is 22.7 Å². The summed E-state index contributed by atoms with van der Waals surface area (Å²) >= 11 is 0. The van der Waals surface area contributed by atoms with Gasteiger partial charge in [-0.1, -0.05) is 25.7 Å². The summed E-state index contributed by atoms with van der Waals surface area (Å²) in [6.45, 7) is 15.3. The number of hydrogen-bond acceptors (Lipinski definition) is 8. The third-order valence-electron chi connectivity index (χ3n) is 5.87. The molecule has 0 radical (unpaired) electrons. The Bertz CT molecular complexity index is 973. The molecule has 1 aromatic carbocycles. The molecule has 10 heteroatoms. The first-order valence-electron chi connectivity index (χ1n) is 12.0. The van der Waals surface area contributed by atoms with E-state index in [1.165, 1.54) is 7.11 Å². The van der Waals surface area contributed by atoms with Gasteiger partial charge in [0.1, 0.15) is 23.7 Å². The fourth-order valence-corrected chi connectivity index (χ4v) is 6.73. The summed E-state index contributed by atoms with van der Waals surface area (Å²) in [6, 6.07) is 0.943. The Morgan fingerprint density at radius 1 is 1.14 bits per heavy atom. The number of fused-ring (bicyclic) bond motifs is 1. The molecular formula is C25H41O8PSi. The van der Waals surface area contributed by atoms with Gasteiger partial charge in [-0.15, -0.1) is 0 Å². The molecule has 198 valence electrons. The van der Waals surface area contributed by atoms with Gasteiger partial charge >= 0.3 is 13.6 Å². The molecule has 0 saturated heterocycles. The molecule has 0 spiro atoms. The number of ether oxygens (including phenoxy) is 4. The highest BCUT2D eigenvalue weighted by Gasteiger charge is 2.37. The van der Waals surface area contributed by atoms with E-state index in [2.05, 4.69) is 19.6 Å². The maximum atomic E-state index is 13.4. The molecule has 0 N–H and O–H groups in total. The van der Waals surface area contributed by atoms with Crippen LogP contribution in [0.5, 0.6) is 11.5 Å². The summed E-state index contributed by atoms with van der Waals surface area (Å²) in [5.41, 5.74) is 3.55. The van der Waals surface area contributed by atoms with Gasteiger partial charge in [-0.25, -0.2) is 4.79 Å². The zero-order valence-corrected chi connectivity index (χ0v) is 24.5. The van der Waals surface area contributed by atoms with E-state index in [4.69, 9.17) is 28.0 Å². The minimum Gasteiger partial charge on any atom is -0.496 e. The lowest BCUT2D eigenvalue weighted by atomic mass is 9.95. The monoisotopic (exact) mass is 528 g/mol. The van der Waals surface area contributed by atoms with Crippen LogP contribution in [0.4, 0.5) is 0 Å². The van der Waals surface area contributed by atoms with Gasteiger partial charge in [-0.2, -0.15) is 0 Å². The Morgan fingerprint density at radius 3 is 2.29 bits per heavy atom.